The molecule has 6 heteroatoms. The molecule has 1 aliphatic rings. The number of nitrogens with zero attached hydrogens (tertiary/aromatic N) is 3. The minimum absolute atomic E-state index is 0.106. The summed E-state index contributed by atoms with van der Waals surface area (Å²) < 4.78 is 1.65. The third-order valence-electron chi connectivity index (χ3n) is 5.65. The van der Waals surface area contributed by atoms with Crippen molar-refractivity contribution in [3.8, 4) is 5.69 Å². The molecule has 0 aliphatic carbocycles. The Labute approximate surface area is 181 Å². The second-order valence-corrected chi connectivity index (χ2v) is 9.31. The number of rotatable bonds is 4. The lowest BCUT2D eigenvalue weighted by Crippen LogP contribution is -2.43. The van der Waals surface area contributed by atoms with Crippen molar-refractivity contribution in [2.75, 3.05) is 18.8 Å². The van der Waals surface area contributed by atoms with E-state index in [0.29, 0.717) is 27.9 Å². The highest BCUT2D eigenvalue weighted by molar-refractivity contribution is 7.99. The Morgan fingerprint density at radius 1 is 1.07 bits per heavy atom. The van der Waals surface area contributed by atoms with Crippen LogP contribution in [-0.4, -0.2) is 39.2 Å². The molecule has 30 heavy (non-hydrogen) atoms. The molecule has 2 heterocycles. The first-order valence-electron chi connectivity index (χ1n) is 10.4. The first kappa shape index (κ1) is 20.7. The molecule has 1 amide bonds. The average molecular weight is 422 g/mol. The van der Waals surface area contributed by atoms with E-state index in [9.17, 15) is 9.59 Å². The molecule has 0 saturated carbocycles. The van der Waals surface area contributed by atoms with Gasteiger partial charge in [-0.2, -0.15) is 0 Å². The van der Waals surface area contributed by atoms with Crippen LogP contribution in [-0.2, 0) is 4.79 Å². The van der Waals surface area contributed by atoms with Crippen LogP contribution in [0.15, 0.2) is 58.5 Å². The summed E-state index contributed by atoms with van der Waals surface area (Å²) in [5.41, 5.74) is 2.34. The van der Waals surface area contributed by atoms with E-state index in [2.05, 4.69) is 13.8 Å². The number of piperidine rings is 1. The molecule has 3 aromatic rings. The number of carbonyl (C=O) groups excluding carboxylic acids is 1. The Morgan fingerprint density at radius 2 is 1.73 bits per heavy atom. The highest BCUT2D eigenvalue weighted by atomic mass is 32.2. The lowest BCUT2D eigenvalue weighted by Gasteiger charge is -2.35. The summed E-state index contributed by atoms with van der Waals surface area (Å²) >= 11 is 1.34. The molecule has 0 radical (unpaired) electrons. The second kappa shape index (κ2) is 8.64. The van der Waals surface area contributed by atoms with E-state index < -0.39 is 0 Å². The lowest BCUT2D eigenvalue weighted by molar-refractivity contribution is -0.130. The number of hydrogen-bond donors (Lipinski definition) is 0. The van der Waals surface area contributed by atoms with Crippen molar-refractivity contribution in [3.05, 3.63) is 64.4 Å². The van der Waals surface area contributed by atoms with E-state index in [1.54, 1.807) is 10.6 Å². The van der Waals surface area contributed by atoms with Gasteiger partial charge in [0.05, 0.1) is 22.3 Å². The number of fused-ring (bicyclic) bond motifs is 1. The predicted molar refractivity (Wildman–Crippen MR) is 122 cm³/mol. The van der Waals surface area contributed by atoms with Gasteiger partial charge in [0.2, 0.25) is 5.91 Å². The van der Waals surface area contributed by atoms with Crippen molar-refractivity contribution in [1.29, 1.82) is 0 Å². The van der Waals surface area contributed by atoms with Gasteiger partial charge >= 0.3 is 0 Å². The van der Waals surface area contributed by atoms with E-state index in [1.807, 2.05) is 54.3 Å². The van der Waals surface area contributed by atoms with Crippen molar-refractivity contribution < 1.29 is 4.79 Å². The van der Waals surface area contributed by atoms with Gasteiger partial charge in [0, 0.05) is 13.1 Å². The summed E-state index contributed by atoms with van der Waals surface area (Å²) in [4.78, 5) is 33.0. The van der Waals surface area contributed by atoms with Gasteiger partial charge in [-0.1, -0.05) is 55.9 Å². The summed E-state index contributed by atoms with van der Waals surface area (Å²) in [6.45, 7) is 7.99. The first-order chi connectivity index (χ1) is 14.4. The molecule has 4 rings (SSSR count). The summed E-state index contributed by atoms with van der Waals surface area (Å²) in [6.07, 6.45) is 1.16. The first-order valence-corrected chi connectivity index (χ1v) is 11.4. The van der Waals surface area contributed by atoms with Gasteiger partial charge < -0.3 is 4.90 Å². The van der Waals surface area contributed by atoms with Gasteiger partial charge in [-0.25, -0.2) is 4.98 Å². The molecule has 1 aromatic heterocycles. The minimum Gasteiger partial charge on any atom is -0.341 e. The Balaban J connectivity index is 1.69. The number of carbonyl (C=O) groups is 1. The number of aromatic nitrogens is 2. The van der Waals surface area contributed by atoms with Crippen LogP contribution in [0, 0.1) is 18.8 Å². The molecule has 0 bridgehead atoms. The zero-order valence-electron chi connectivity index (χ0n) is 17.7. The Morgan fingerprint density at radius 3 is 2.47 bits per heavy atom. The number of hydrogen-bond acceptors (Lipinski definition) is 4. The van der Waals surface area contributed by atoms with E-state index in [1.165, 1.54) is 11.8 Å². The molecule has 1 fully saturated rings. The molecular weight excluding hydrogens is 394 g/mol. The van der Waals surface area contributed by atoms with Crippen LogP contribution in [0.25, 0.3) is 16.6 Å². The lowest BCUT2D eigenvalue weighted by atomic mass is 9.92. The molecule has 2 atom stereocenters. The molecule has 0 unspecified atom stereocenters. The molecular formula is C24H27N3O2S. The number of amides is 1. The fourth-order valence-corrected chi connectivity index (χ4v) is 5.23. The van der Waals surface area contributed by atoms with Gasteiger partial charge in [-0.05, 0) is 48.9 Å². The summed E-state index contributed by atoms with van der Waals surface area (Å²) in [5, 5.41) is 1.13. The SMILES string of the molecule is Cc1ccccc1-n1c(SCC(=O)N2C[C@H](C)C[C@@H](C)C2)nc2ccccc2c1=O. The fraction of sp³-hybridized carbons (Fsp3) is 0.375. The topological polar surface area (TPSA) is 55.2 Å². The third kappa shape index (κ3) is 4.15. The van der Waals surface area contributed by atoms with Crippen LogP contribution in [0.4, 0.5) is 0 Å². The highest BCUT2D eigenvalue weighted by Gasteiger charge is 2.26. The summed E-state index contributed by atoms with van der Waals surface area (Å²) in [5.74, 6) is 1.42. The molecule has 156 valence electrons. The largest absolute Gasteiger partial charge is 0.341 e. The summed E-state index contributed by atoms with van der Waals surface area (Å²) in [7, 11) is 0. The van der Waals surface area contributed by atoms with Crippen molar-refractivity contribution in [3.63, 3.8) is 0 Å². The molecule has 5 nitrogen and oxygen atoms in total. The van der Waals surface area contributed by atoms with E-state index in [4.69, 9.17) is 4.98 Å². The molecule has 1 saturated heterocycles. The Hall–Kier alpha value is -2.60. The maximum absolute atomic E-state index is 13.3. The van der Waals surface area contributed by atoms with Crippen molar-refractivity contribution in [2.45, 2.75) is 32.3 Å². The maximum atomic E-state index is 13.3. The van der Waals surface area contributed by atoms with Crippen LogP contribution in [0.3, 0.4) is 0 Å². The quantitative estimate of drug-likeness (QED) is 0.466. The van der Waals surface area contributed by atoms with E-state index >= 15 is 0 Å². The van der Waals surface area contributed by atoms with Crippen LogP contribution in [0.5, 0.6) is 0 Å². The number of benzene rings is 2. The van der Waals surface area contributed by atoms with Crippen LogP contribution in [0.2, 0.25) is 0 Å². The molecule has 2 aromatic carbocycles. The van der Waals surface area contributed by atoms with Crippen molar-refractivity contribution in [2.24, 2.45) is 11.8 Å². The predicted octanol–water partition coefficient (Wildman–Crippen LogP) is 4.29. The number of aryl methyl sites for hydroxylation is 1. The molecule has 0 N–H and O–H groups in total. The zero-order valence-corrected chi connectivity index (χ0v) is 18.5. The number of thioether (sulfide) groups is 1. The number of likely N-dealkylation sites (tertiary alicyclic amines) is 1. The highest BCUT2D eigenvalue weighted by Crippen LogP contribution is 2.25. The summed E-state index contributed by atoms with van der Waals surface area (Å²) in [6, 6.07) is 15.1. The Kier molecular flexibility index (Phi) is 5.95. The van der Waals surface area contributed by atoms with Gasteiger partial charge in [-0.15, -0.1) is 0 Å². The standard InChI is InChI=1S/C24H27N3O2S/c1-16-12-17(2)14-26(13-16)22(28)15-30-24-25-20-10-6-5-9-19(20)23(29)27(24)21-11-7-4-8-18(21)3/h4-11,16-17H,12-15H2,1-3H3/t16-,17-/m1/s1. The monoisotopic (exact) mass is 421 g/mol. The third-order valence-corrected chi connectivity index (χ3v) is 6.57. The molecule has 0 spiro atoms. The maximum Gasteiger partial charge on any atom is 0.266 e. The fourth-order valence-electron chi connectivity index (χ4n) is 4.32. The van der Waals surface area contributed by atoms with Gasteiger partial charge in [0.1, 0.15) is 0 Å². The van der Waals surface area contributed by atoms with Crippen molar-refractivity contribution in [1.82, 2.24) is 14.5 Å². The average Bonchev–Trinajstić information content (AvgIpc) is 2.72. The van der Waals surface area contributed by atoms with E-state index in [-0.39, 0.29) is 17.2 Å². The van der Waals surface area contributed by atoms with Crippen molar-refractivity contribution >= 4 is 28.6 Å². The minimum atomic E-state index is -0.106. The normalized spacial score (nSPS) is 19.2. The molecule has 1 aliphatic heterocycles. The van der Waals surface area contributed by atoms with E-state index in [0.717, 1.165) is 30.8 Å². The van der Waals surface area contributed by atoms with Gasteiger partial charge in [0.15, 0.2) is 5.16 Å². The Bertz CT molecular complexity index is 1130. The van der Waals surface area contributed by atoms with Crippen LogP contribution in [0.1, 0.15) is 25.8 Å². The zero-order chi connectivity index (χ0) is 21.3. The van der Waals surface area contributed by atoms with Gasteiger partial charge in [0.25, 0.3) is 5.56 Å². The number of para-hydroxylation sites is 2. The smallest absolute Gasteiger partial charge is 0.266 e. The van der Waals surface area contributed by atoms with Crippen LogP contribution >= 0.6 is 11.8 Å². The van der Waals surface area contributed by atoms with Gasteiger partial charge in [-0.3, -0.25) is 14.2 Å². The van der Waals surface area contributed by atoms with Crippen LogP contribution < -0.4 is 5.56 Å². The second-order valence-electron chi connectivity index (χ2n) is 8.37.